The van der Waals surface area contributed by atoms with Crippen LogP contribution in [0.15, 0.2) is 18.3 Å². The van der Waals surface area contributed by atoms with Crippen LogP contribution >= 0.6 is 22.9 Å². The van der Waals surface area contributed by atoms with Crippen molar-refractivity contribution in [3.8, 4) is 22.1 Å². The highest BCUT2D eigenvalue weighted by atomic mass is 35.5. The number of aldehydes is 1. The first-order valence-electron chi connectivity index (χ1n) is 5.02. The van der Waals surface area contributed by atoms with Crippen LogP contribution in [0.3, 0.4) is 0 Å². The van der Waals surface area contributed by atoms with Crippen LogP contribution in [0.5, 0.6) is 11.5 Å². The zero-order chi connectivity index (χ0) is 13.1. The Morgan fingerprint density at radius 1 is 1.33 bits per heavy atom. The van der Waals surface area contributed by atoms with Crippen molar-refractivity contribution in [3.05, 3.63) is 28.2 Å². The summed E-state index contributed by atoms with van der Waals surface area (Å²) in [6.07, 6.45) is 2.29. The van der Waals surface area contributed by atoms with E-state index in [0.29, 0.717) is 26.4 Å². The van der Waals surface area contributed by atoms with Crippen LogP contribution in [0, 0.1) is 0 Å². The zero-order valence-corrected chi connectivity index (χ0v) is 11.3. The number of methoxy groups -OCH3 is 2. The number of carbonyl (C=O) groups is 1. The average molecular weight is 284 g/mol. The van der Waals surface area contributed by atoms with Gasteiger partial charge < -0.3 is 9.47 Å². The molecule has 0 aliphatic rings. The number of thiazole rings is 1. The second-order valence-corrected chi connectivity index (χ2v) is 4.85. The van der Waals surface area contributed by atoms with Crippen molar-refractivity contribution in [2.45, 2.75) is 0 Å². The first-order valence-corrected chi connectivity index (χ1v) is 6.22. The average Bonchev–Trinajstić information content (AvgIpc) is 2.86. The zero-order valence-electron chi connectivity index (χ0n) is 9.77. The highest BCUT2D eigenvalue weighted by Gasteiger charge is 2.13. The Morgan fingerprint density at radius 3 is 2.67 bits per heavy atom. The number of rotatable bonds is 4. The van der Waals surface area contributed by atoms with Gasteiger partial charge in [-0.3, -0.25) is 4.79 Å². The van der Waals surface area contributed by atoms with E-state index in [1.54, 1.807) is 12.1 Å². The highest BCUT2D eigenvalue weighted by molar-refractivity contribution is 7.16. The molecule has 0 N–H and O–H groups in total. The van der Waals surface area contributed by atoms with Crippen molar-refractivity contribution in [1.29, 1.82) is 0 Å². The Bertz CT molecular complexity index is 583. The van der Waals surface area contributed by atoms with Gasteiger partial charge in [0.2, 0.25) is 0 Å². The van der Waals surface area contributed by atoms with Crippen molar-refractivity contribution in [2.75, 3.05) is 14.2 Å². The standard InChI is InChI=1S/C12H10ClNO3S/c1-16-10-4-7(3-9(13)11(10)17-2)12-14-5-8(6-15)18-12/h3-6H,1-2H3. The SMILES string of the molecule is COc1cc(-c2ncc(C=O)s2)cc(Cl)c1OC. The van der Waals surface area contributed by atoms with E-state index in [0.717, 1.165) is 11.8 Å². The smallest absolute Gasteiger partial charge is 0.179 e. The number of aromatic nitrogens is 1. The topological polar surface area (TPSA) is 48.4 Å². The molecular weight excluding hydrogens is 274 g/mol. The Morgan fingerprint density at radius 2 is 2.11 bits per heavy atom. The van der Waals surface area contributed by atoms with Crippen LogP contribution < -0.4 is 9.47 Å². The van der Waals surface area contributed by atoms with E-state index in [4.69, 9.17) is 21.1 Å². The number of benzene rings is 1. The summed E-state index contributed by atoms with van der Waals surface area (Å²) in [6, 6.07) is 3.51. The van der Waals surface area contributed by atoms with E-state index in [-0.39, 0.29) is 0 Å². The molecule has 0 spiro atoms. The highest BCUT2D eigenvalue weighted by Crippen LogP contribution is 2.39. The molecule has 0 saturated carbocycles. The van der Waals surface area contributed by atoms with Crippen molar-refractivity contribution >= 4 is 29.2 Å². The molecule has 1 heterocycles. The minimum atomic E-state index is 0.440. The molecule has 4 nitrogen and oxygen atoms in total. The fourth-order valence-corrected chi connectivity index (χ4v) is 2.52. The van der Waals surface area contributed by atoms with Crippen LogP contribution in [0.1, 0.15) is 9.67 Å². The van der Waals surface area contributed by atoms with E-state index in [2.05, 4.69) is 4.98 Å². The van der Waals surface area contributed by atoms with E-state index < -0.39 is 0 Å². The second-order valence-electron chi connectivity index (χ2n) is 3.38. The lowest BCUT2D eigenvalue weighted by atomic mass is 10.2. The first-order chi connectivity index (χ1) is 8.69. The van der Waals surface area contributed by atoms with Gasteiger partial charge in [0.15, 0.2) is 17.8 Å². The van der Waals surface area contributed by atoms with Crippen molar-refractivity contribution in [1.82, 2.24) is 4.98 Å². The lowest BCUT2D eigenvalue weighted by molar-refractivity contribution is 0.112. The van der Waals surface area contributed by atoms with Crippen LogP contribution in [0.4, 0.5) is 0 Å². The number of halogens is 1. The monoisotopic (exact) mass is 283 g/mol. The minimum Gasteiger partial charge on any atom is -0.493 e. The van der Waals surface area contributed by atoms with Gasteiger partial charge in [-0.25, -0.2) is 4.98 Å². The summed E-state index contributed by atoms with van der Waals surface area (Å²) in [5.74, 6) is 1.01. The Kier molecular flexibility index (Phi) is 3.84. The maximum Gasteiger partial charge on any atom is 0.179 e. The maximum atomic E-state index is 10.6. The van der Waals surface area contributed by atoms with Crippen LogP contribution in [0.25, 0.3) is 10.6 Å². The predicted molar refractivity (Wildman–Crippen MR) is 71.1 cm³/mol. The second kappa shape index (κ2) is 5.37. The third-order valence-corrected chi connectivity index (χ3v) is 3.57. The van der Waals surface area contributed by atoms with Gasteiger partial charge in [-0.2, -0.15) is 0 Å². The van der Waals surface area contributed by atoms with E-state index in [9.17, 15) is 4.79 Å². The number of ether oxygens (including phenoxy) is 2. The molecule has 0 unspecified atom stereocenters. The summed E-state index contributed by atoms with van der Waals surface area (Å²) < 4.78 is 10.4. The number of nitrogens with zero attached hydrogens (tertiary/aromatic N) is 1. The summed E-state index contributed by atoms with van der Waals surface area (Å²) in [6.45, 7) is 0. The molecule has 0 saturated heterocycles. The van der Waals surface area contributed by atoms with Gasteiger partial charge >= 0.3 is 0 Å². The van der Waals surface area contributed by atoms with Gasteiger partial charge in [0.25, 0.3) is 0 Å². The fourth-order valence-electron chi connectivity index (χ4n) is 1.52. The van der Waals surface area contributed by atoms with E-state index in [1.807, 2.05) is 0 Å². The summed E-state index contributed by atoms with van der Waals surface area (Å²) in [5.41, 5.74) is 0.788. The molecule has 0 aliphatic heterocycles. The molecule has 1 aromatic carbocycles. The number of hydrogen-bond acceptors (Lipinski definition) is 5. The summed E-state index contributed by atoms with van der Waals surface area (Å²) in [4.78, 5) is 15.4. The quantitative estimate of drug-likeness (QED) is 0.808. The molecule has 2 aromatic rings. The summed E-state index contributed by atoms with van der Waals surface area (Å²) in [5, 5.41) is 1.15. The van der Waals surface area contributed by atoms with Crippen molar-refractivity contribution in [3.63, 3.8) is 0 Å². The molecule has 1 aromatic heterocycles. The molecule has 94 valence electrons. The molecule has 0 bridgehead atoms. The Labute approximate surface area is 113 Å². The molecule has 6 heteroatoms. The van der Waals surface area contributed by atoms with Gasteiger partial charge in [-0.05, 0) is 12.1 Å². The molecule has 0 atom stereocenters. The molecular formula is C12H10ClNO3S. The predicted octanol–water partition coefficient (Wildman–Crippen LogP) is 3.29. The van der Waals surface area contributed by atoms with E-state index in [1.165, 1.54) is 31.8 Å². The third kappa shape index (κ3) is 2.32. The van der Waals surface area contributed by atoms with Crippen molar-refractivity contribution < 1.29 is 14.3 Å². The van der Waals surface area contributed by atoms with E-state index >= 15 is 0 Å². The molecule has 0 amide bonds. The number of carbonyl (C=O) groups excluding carboxylic acids is 1. The van der Waals surface area contributed by atoms with Gasteiger partial charge in [0.05, 0.1) is 24.1 Å². The molecule has 0 radical (unpaired) electrons. The first kappa shape index (κ1) is 12.9. The lowest BCUT2D eigenvalue weighted by Crippen LogP contribution is -1.92. The summed E-state index contributed by atoms with van der Waals surface area (Å²) >= 11 is 7.40. The largest absolute Gasteiger partial charge is 0.493 e. The molecule has 2 rings (SSSR count). The van der Waals surface area contributed by atoms with Crippen LogP contribution in [-0.4, -0.2) is 25.5 Å². The maximum absolute atomic E-state index is 10.6. The number of hydrogen-bond donors (Lipinski definition) is 0. The van der Waals surface area contributed by atoms with Gasteiger partial charge in [-0.15, -0.1) is 11.3 Å². The van der Waals surface area contributed by atoms with Crippen LogP contribution in [0.2, 0.25) is 5.02 Å². The molecule has 0 fully saturated rings. The Balaban J connectivity index is 2.51. The van der Waals surface area contributed by atoms with Gasteiger partial charge in [-0.1, -0.05) is 11.6 Å². The van der Waals surface area contributed by atoms with Crippen molar-refractivity contribution in [2.24, 2.45) is 0 Å². The third-order valence-electron chi connectivity index (χ3n) is 2.32. The normalized spacial score (nSPS) is 10.2. The Hall–Kier alpha value is -1.59. The minimum absolute atomic E-state index is 0.440. The lowest BCUT2D eigenvalue weighted by Gasteiger charge is -2.10. The van der Waals surface area contributed by atoms with Crippen LogP contribution in [-0.2, 0) is 0 Å². The molecule has 18 heavy (non-hydrogen) atoms. The summed E-state index contributed by atoms with van der Waals surface area (Å²) in [7, 11) is 3.06. The van der Waals surface area contributed by atoms with Gasteiger partial charge in [0.1, 0.15) is 5.01 Å². The van der Waals surface area contributed by atoms with Gasteiger partial charge in [0, 0.05) is 11.8 Å². The molecule has 0 aliphatic carbocycles. The fraction of sp³-hybridized carbons (Fsp3) is 0.167.